The molecule has 0 heterocycles. The molecule has 146 valence electrons. The van der Waals surface area contributed by atoms with Crippen molar-refractivity contribution in [2.24, 2.45) is 0 Å². The molecule has 1 unspecified atom stereocenters. The van der Waals surface area contributed by atoms with Crippen molar-refractivity contribution >= 4 is 17.5 Å². The van der Waals surface area contributed by atoms with Crippen LogP contribution >= 0.6 is 0 Å². The van der Waals surface area contributed by atoms with E-state index in [9.17, 15) is 9.59 Å². The maximum Gasteiger partial charge on any atom is 0.261 e. The van der Waals surface area contributed by atoms with Gasteiger partial charge in [-0.1, -0.05) is 44.9 Å². The number of carbonyl (C=O) groups is 2. The molecule has 2 aromatic rings. The number of rotatable bonds is 6. The molecule has 0 aliphatic carbocycles. The summed E-state index contributed by atoms with van der Waals surface area (Å²) in [6.07, 6.45) is 4.62. The molecule has 2 amide bonds. The monoisotopic (exact) mass is 378 g/mol. The summed E-state index contributed by atoms with van der Waals surface area (Å²) in [6.45, 7) is 7.88. The van der Waals surface area contributed by atoms with Gasteiger partial charge in [0.2, 0.25) is 5.91 Å². The molecule has 2 rings (SSSR count). The molecule has 28 heavy (non-hydrogen) atoms. The molecule has 0 fully saturated rings. The van der Waals surface area contributed by atoms with Crippen molar-refractivity contribution in [2.45, 2.75) is 39.2 Å². The van der Waals surface area contributed by atoms with Gasteiger partial charge in [0.15, 0.2) is 6.10 Å². The predicted octanol–water partition coefficient (Wildman–Crippen LogP) is 3.49. The summed E-state index contributed by atoms with van der Waals surface area (Å²) in [5.41, 5.74) is 2.48. The standard InChI is InChI=1S/C23H26N2O3/c1-6-17-8-7-9-19(14-17)25-21(26)15-24-22(27)16(2)28-20-12-10-18(11-13-20)23(3,4)5/h1,7-14,16H,15H2,2-5H3,(H,24,27)(H,25,26). The van der Waals surface area contributed by atoms with Gasteiger partial charge in [-0.2, -0.15) is 0 Å². The molecule has 0 bridgehead atoms. The molecule has 5 heteroatoms. The molecule has 0 saturated carbocycles. The molecule has 0 spiro atoms. The van der Waals surface area contributed by atoms with Gasteiger partial charge in [0.1, 0.15) is 5.75 Å². The molecule has 5 nitrogen and oxygen atoms in total. The average Bonchev–Trinajstić information content (AvgIpc) is 2.66. The van der Waals surface area contributed by atoms with Crippen molar-refractivity contribution in [3.8, 4) is 18.1 Å². The highest BCUT2D eigenvalue weighted by Gasteiger charge is 2.17. The van der Waals surface area contributed by atoms with E-state index in [4.69, 9.17) is 11.2 Å². The second-order valence-corrected chi connectivity index (χ2v) is 7.53. The Morgan fingerprint density at radius 2 is 1.82 bits per heavy atom. The minimum atomic E-state index is -0.724. The van der Waals surface area contributed by atoms with Crippen molar-refractivity contribution in [1.29, 1.82) is 0 Å². The molecular formula is C23H26N2O3. The zero-order chi connectivity index (χ0) is 20.7. The number of hydrogen-bond donors (Lipinski definition) is 2. The van der Waals surface area contributed by atoms with E-state index in [1.54, 1.807) is 31.2 Å². The molecule has 0 radical (unpaired) electrons. The Hall–Kier alpha value is -3.26. The fraction of sp³-hybridized carbons (Fsp3) is 0.304. The first-order chi connectivity index (χ1) is 13.2. The fourth-order valence-corrected chi connectivity index (χ4v) is 2.49. The number of nitrogens with one attached hydrogen (secondary N) is 2. The Bertz CT molecular complexity index is 874. The summed E-state index contributed by atoms with van der Waals surface area (Å²) in [5, 5.41) is 5.26. The van der Waals surface area contributed by atoms with Gasteiger partial charge in [-0.05, 0) is 48.2 Å². The van der Waals surface area contributed by atoms with E-state index in [-0.39, 0.29) is 23.8 Å². The number of anilines is 1. The van der Waals surface area contributed by atoms with Gasteiger partial charge in [0.05, 0.1) is 6.54 Å². The highest BCUT2D eigenvalue weighted by atomic mass is 16.5. The molecule has 0 aliphatic rings. The molecular weight excluding hydrogens is 352 g/mol. The first-order valence-corrected chi connectivity index (χ1v) is 9.10. The van der Waals surface area contributed by atoms with Crippen LogP contribution in [-0.4, -0.2) is 24.5 Å². The Morgan fingerprint density at radius 3 is 2.43 bits per heavy atom. The average molecular weight is 378 g/mol. The molecule has 0 aromatic heterocycles. The number of amides is 2. The van der Waals surface area contributed by atoms with E-state index in [0.29, 0.717) is 17.0 Å². The van der Waals surface area contributed by atoms with Gasteiger partial charge in [-0.15, -0.1) is 6.42 Å². The van der Waals surface area contributed by atoms with Crippen LogP contribution in [0.2, 0.25) is 0 Å². The van der Waals surface area contributed by atoms with E-state index in [1.807, 2.05) is 24.3 Å². The molecule has 2 N–H and O–H groups in total. The third kappa shape index (κ3) is 6.17. The molecule has 2 aromatic carbocycles. The normalized spacial score (nSPS) is 11.8. The van der Waals surface area contributed by atoms with E-state index in [2.05, 4.69) is 37.3 Å². The Kier molecular flexibility index (Phi) is 6.84. The van der Waals surface area contributed by atoms with E-state index >= 15 is 0 Å². The van der Waals surface area contributed by atoms with Crippen molar-refractivity contribution in [2.75, 3.05) is 11.9 Å². The first-order valence-electron chi connectivity index (χ1n) is 9.10. The van der Waals surface area contributed by atoms with Crippen LogP contribution in [0.4, 0.5) is 5.69 Å². The van der Waals surface area contributed by atoms with Gasteiger partial charge in [-0.25, -0.2) is 0 Å². The Labute approximate surface area is 166 Å². The third-order valence-corrected chi connectivity index (χ3v) is 4.14. The number of ether oxygens (including phenoxy) is 1. The van der Waals surface area contributed by atoms with E-state index < -0.39 is 6.10 Å². The highest BCUT2D eigenvalue weighted by Crippen LogP contribution is 2.24. The minimum absolute atomic E-state index is 0.0502. The van der Waals surface area contributed by atoms with Gasteiger partial charge >= 0.3 is 0 Å². The topological polar surface area (TPSA) is 67.4 Å². The Morgan fingerprint density at radius 1 is 1.14 bits per heavy atom. The zero-order valence-electron chi connectivity index (χ0n) is 16.7. The van der Waals surface area contributed by atoms with Crippen LogP contribution < -0.4 is 15.4 Å². The SMILES string of the molecule is C#Cc1cccc(NC(=O)CNC(=O)C(C)Oc2ccc(C(C)(C)C)cc2)c1. The summed E-state index contributed by atoms with van der Waals surface area (Å²) in [4.78, 5) is 24.2. The number of benzene rings is 2. The van der Waals surface area contributed by atoms with Crippen LogP contribution in [0.15, 0.2) is 48.5 Å². The Balaban J connectivity index is 1.83. The quantitative estimate of drug-likeness (QED) is 0.756. The van der Waals surface area contributed by atoms with Crippen molar-refractivity contribution in [1.82, 2.24) is 5.32 Å². The number of terminal acetylenes is 1. The lowest BCUT2D eigenvalue weighted by Gasteiger charge is -2.20. The van der Waals surface area contributed by atoms with Crippen LogP contribution in [0.1, 0.15) is 38.8 Å². The van der Waals surface area contributed by atoms with Crippen LogP contribution in [0, 0.1) is 12.3 Å². The zero-order valence-corrected chi connectivity index (χ0v) is 16.7. The van der Waals surface area contributed by atoms with Gasteiger partial charge in [0.25, 0.3) is 5.91 Å². The van der Waals surface area contributed by atoms with Crippen LogP contribution in [0.3, 0.4) is 0 Å². The summed E-state index contributed by atoms with van der Waals surface area (Å²) in [5.74, 6) is 2.39. The number of carbonyl (C=O) groups excluding carboxylic acids is 2. The first kappa shape index (κ1) is 21.0. The van der Waals surface area contributed by atoms with Gasteiger partial charge in [0, 0.05) is 11.3 Å². The smallest absolute Gasteiger partial charge is 0.261 e. The lowest BCUT2D eigenvalue weighted by atomic mass is 9.87. The van der Waals surface area contributed by atoms with Crippen molar-refractivity contribution in [3.05, 3.63) is 59.7 Å². The van der Waals surface area contributed by atoms with Crippen molar-refractivity contribution < 1.29 is 14.3 Å². The molecule has 0 saturated heterocycles. The second-order valence-electron chi connectivity index (χ2n) is 7.53. The maximum absolute atomic E-state index is 12.2. The summed E-state index contributed by atoms with van der Waals surface area (Å²) >= 11 is 0. The van der Waals surface area contributed by atoms with E-state index in [1.165, 1.54) is 5.56 Å². The fourth-order valence-electron chi connectivity index (χ4n) is 2.49. The molecule has 0 aliphatic heterocycles. The summed E-state index contributed by atoms with van der Waals surface area (Å²) in [6, 6.07) is 14.6. The van der Waals surface area contributed by atoms with Crippen LogP contribution in [0.25, 0.3) is 0 Å². The van der Waals surface area contributed by atoms with E-state index in [0.717, 1.165) is 0 Å². The van der Waals surface area contributed by atoms with Gasteiger partial charge in [-0.3, -0.25) is 9.59 Å². The van der Waals surface area contributed by atoms with Crippen LogP contribution in [-0.2, 0) is 15.0 Å². The highest BCUT2D eigenvalue weighted by molar-refractivity contribution is 5.95. The maximum atomic E-state index is 12.2. The molecule has 1 atom stereocenters. The van der Waals surface area contributed by atoms with Crippen molar-refractivity contribution in [3.63, 3.8) is 0 Å². The van der Waals surface area contributed by atoms with Crippen LogP contribution in [0.5, 0.6) is 5.75 Å². The summed E-state index contributed by atoms with van der Waals surface area (Å²) in [7, 11) is 0. The number of hydrogen-bond acceptors (Lipinski definition) is 3. The largest absolute Gasteiger partial charge is 0.481 e. The lowest BCUT2D eigenvalue weighted by Crippen LogP contribution is -2.40. The third-order valence-electron chi connectivity index (χ3n) is 4.14. The second kappa shape index (κ2) is 9.09. The predicted molar refractivity (Wildman–Crippen MR) is 111 cm³/mol. The van der Waals surface area contributed by atoms with Gasteiger partial charge < -0.3 is 15.4 Å². The minimum Gasteiger partial charge on any atom is -0.481 e. The lowest BCUT2D eigenvalue weighted by molar-refractivity contribution is -0.129. The summed E-state index contributed by atoms with van der Waals surface area (Å²) < 4.78 is 5.66.